The molecule has 17 rings (SSSR count). The third-order valence-electron chi connectivity index (χ3n) is 19.5. The standard InChI is InChI=1S/C90H61N/c1-5-25-73(26-6-1)89(74-27-7-2-8-28-74)85-37-18-16-34-83(85)88-80(35-20-38-86(88)89)67-49-56-79(57-50-67)91(77-52-45-64(46-53-77)63-39-41-65(42-40-63)69-23-19-24-70(59-69)71-44-43-62-21-13-14-22-68(62)60-71)78-54-47-66(48-55-78)72-51-58-82-81-33-15-17-36-84(81)90(87(82)61-72,75-29-9-3-10-30-75)76-31-11-4-12-32-76/h1-61H. The van der Waals surface area contributed by atoms with Gasteiger partial charge in [-0.15, -0.1) is 0 Å². The van der Waals surface area contributed by atoms with E-state index in [1.807, 2.05) is 0 Å². The Kier molecular flexibility index (Phi) is 13.1. The van der Waals surface area contributed by atoms with Gasteiger partial charge in [-0.25, -0.2) is 0 Å². The fourth-order valence-electron chi connectivity index (χ4n) is 15.3. The summed E-state index contributed by atoms with van der Waals surface area (Å²) in [6.07, 6.45) is 0. The van der Waals surface area contributed by atoms with Crippen LogP contribution in [0.2, 0.25) is 0 Å². The van der Waals surface area contributed by atoms with E-state index in [1.54, 1.807) is 0 Å². The molecule has 15 aromatic rings. The van der Waals surface area contributed by atoms with Crippen LogP contribution >= 0.6 is 0 Å². The lowest BCUT2D eigenvalue weighted by molar-refractivity contribution is 0.768. The SMILES string of the molecule is c1ccc(C2(c3ccccc3)c3ccccc3-c3ccc(-c4ccc(N(c5ccc(-c6ccc(-c7cccc(-c8ccc9ccccc9c8)c7)cc6)cc5)c5ccc(-c6cccc7c6-c6ccccc6C7(c6ccccc6)c6ccccc6)cc5)cc4)cc32)cc1. The Morgan fingerprint density at radius 3 is 1.07 bits per heavy atom. The van der Waals surface area contributed by atoms with Crippen LogP contribution in [0.25, 0.3) is 88.7 Å². The zero-order valence-electron chi connectivity index (χ0n) is 50.2. The number of hydrogen-bond donors (Lipinski definition) is 0. The van der Waals surface area contributed by atoms with Gasteiger partial charge in [-0.3, -0.25) is 0 Å². The zero-order valence-corrected chi connectivity index (χ0v) is 50.2. The van der Waals surface area contributed by atoms with E-state index in [-0.39, 0.29) is 0 Å². The normalized spacial score (nSPS) is 13.0. The van der Waals surface area contributed by atoms with Gasteiger partial charge < -0.3 is 4.90 Å². The summed E-state index contributed by atoms with van der Waals surface area (Å²) in [6.45, 7) is 0. The van der Waals surface area contributed by atoms with Crippen molar-refractivity contribution < 1.29 is 0 Å². The van der Waals surface area contributed by atoms with Crippen LogP contribution in [-0.4, -0.2) is 0 Å². The van der Waals surface area contributed by atoms with Crippen LogP contribution in [-0.2, 0) is 10.8 Å². The number of benzene rings is 15. The van der Waals surface area contributed by atoms with Crippen molar-refractivity contribution in [3.63, 3.8) is 0 Å². The van der Waals surface area contributed by atoms with Crippen LogP contribution in [0.5, 0.6) is 0 Å². The zero-order chi connectivity index (χ0) is 60.3. The van der Waals surface area contributed by atoms with E-state index in [4.69, 9.17) is 0 Å². The molecule has 91 heavy (non-hydrogen) atoms. The smallest absolute Gasteiger partial charge is 0.0713 e. The summed E-state index contributed by atoms with van der Waals surface area (Å²) in [7, 11) is 0. The van der Waals surface area contributed by atoms with Crippen LogP contribution in [0.1, 0.15) is 44.5 Å². The lowest BCUT2D eigenvalue weighted by Gasteiger charge is -2.34. The largest absolute Gasteiger partial charge is 0.311 e. The lowest BCUT2D eigenvalue weighted by Crippen LogP contribution is -2.28. The molecule has 0 spiro atoms. The molecule has 2 aliphatic rings. The van der Waals surface area contributed by atoms with Crippen molar-refractivity contribution in [2.24, 2.45) is 0 Å². The molecule has 0 atom stereocenters. The first-order valence-electron chi connectivity index (χ1n) is 31.6. The van der Waals surface area contributed by atoms with Gasteiger partial charge >= 0.3 is 0 Å². The van der Waals surface area contributed by atoms with Crippen molar-refractivity contribution >= 4 is 27.8 Å². The van der Waals surface area contributed by atoms with Gasteiger partial charge in [0.2, 0.25) is 0 Å². The van der Waals surface area contributed by atoms with Gasteiger partial charge in [-0.2, -0.15) is 0 Å². The van der Waals surface area contributed by atoms with Crippen LogP contribution < -0.4 is 4.90 Å². The highest BCUT2D eigenvalue weighted by molar-refractivity contribution is 5.97. The second-order valence-corrected chi connectivity index (χ2v) is 24.2. The van der Waals surface area contributed by atoms with E-state index in [1.165, 1.54) is 122 Å². The van der Waals surface area contributed by atoms with Crippen molar-refractivity contribution in [1.29, 1.82) is 0 Å². The van der Waals surface area contributed by atoms with E-state index in [0.717, 1.165) is 28.2 Å². The van der Waals surface area contributed by atoms with Gasteiger partial charge in [0.1, 0.15) is 0 Å². The fourth-order valence-corrected chi connectivity index (χ4v) is 15.3. The summed E-state index contributed by atoms with van der Waals surface area (Å²) in [5.74, 6) is 0. The number of nitrogens with zero attached hydrogens (tertiary/aromatic N) is 1. The third kappa shape index (κ3) is 8.84. The molecule has 0 fully saturated rings. The highest BCUT2D eigenvalue weighted by Gasteiger charge is 2.48. The summed E-state index contributed by atoms with van der Waals surface area (Å²) >= 11 is 0. The Balaban J connectivity index is 0.747. The summed E-state index contributed by atoms with van der Waals surface area (Å²) in [6, 6.07) is 137. The Hall–Kier alpha value is -11.6. The van der Waals surface area contributed by atoms with Gasteiger partial charge in [0, 0.05) is 17.1 Å². The molecule has 0 N–H and O–H groups in total. The van der Waals surface area contributed by atoms with E-state index in [2.05, 4.69) is 375 Å². The number of rotatable bonds is 12. The molecule has 15 aromatic carbocycles. The Morgan fingerprint density at radius 1 is 0.176 bits per heavy atom. The quantitative estimate of drug-likeness (QED) is 0.118. The third-order valence-corrected chi connectivity index (χ3v) is 19.5. The van der Waals surface area contributed by atoms with Gasteiger partial charge in [-0.05, 0) is 188 Å². The van der Waals surface area contributed by atoms with Crippen molar-refractivity contribution in [1.82, 2.24) is 0 Å². The van der Waals surface area contributed by atoms with E-state index >= 15 is 0 Å². The molecule has 0 saturated heterocycles. The second kappa shape index (κ2) is 22.2. The molecule has 1 nitrogen and oxygen atoms in total. The van der Waals surface area contributed by atoms with Crippen molar-refractivity contribution in [2.45, 2.75) is 10.8 Å². The van der Waals surface area contributed by atoms with Crippen molar-refractivity contribution in [3.05, 3.63) is 415 Å². The van der Waals surface area contributed by atoms with Gasteiger partial charge in [-0.1, -0.05) is 315 Å². The first-order valence-corrected chi connectivity index (χ1v) is 31.6. The number of anilines is 3. The minimum atomic E-state index is -0.484. The monoisotopic (exact) mass is 1160 g/mol. The van der Waals surface area contributed by atoms with Gasteiger partial charge in [0.25, 0.3) is 0 Å². The first kappa shape index (κ1) is 53.6. The molecule has 0 heterocycles. The lowest BCUT2D eigenvalue weighted by atomic mass is 9.67. The number of hydrogen-bond acceptors (Lipinski definition) is 1. The molecule has 0 aliphatic heterocycles. The summed E-state index contributed by atoms with van der Waals surface area (Å²) in [4.78, 5) is 2.40. The fraction of sp³-hybridized carbons (Fsp3) is 0.0222. The molecule has 0 amide bonds. The Labute approximate surface area is 532 Å². The van der Waals surface area contributed by atoms with E-state index < -0.39 is 10.8 Å². The van der Waals surface area contributed by atoms with Crippen LogP contribution in [0.4, 0.5) is 17.1 Å². The molecule has 0 aromatic heterocycles. The maximum Gasteiger partial charge on any atom is 0.0713 e. The first-order chi connectivity index (χ1) is 45.1. The summed E-state index contributed by atoms with van der Waals surface area (Å²) in [5, 5.41) is 2.50. The van der Waals surface area contributed by atoms with Gasteiger partial charge in [0.05, 0.1) is 10.8 Å². The van der Waals surface area contributed by atoms with Crippen molar-refractivity contribution in [2.75, 3.05) is 4.90 Å². The van der Waals surface area contributed by atoms with Crippen LogP contribution in [0.15, 0.2) is 370 Å². The predicted molar refractivity (Wildman–Crippen MR) is 380 cm³/mol. The second-order valence-electron chi connectivity index (χ2n) is 24.2. The maximum absolute atomic E-state index is 2.46. The molecular formula is C90H61N. The molecule has 0 radical (unpaired) electrons. The highest BCUT2D eigenvalue weighted by atomic mass is 15.1. The molecule has 0 unspecified atom stereocenters. The predicted octanol–water partition coefficient (Wildman–Crippen LogP) is 23.4. The van der Waals surface area contributed by atoms with E-state index in [9.17, 15) is 0 Å². The summed E-state index contributed by atoms with van der Waals surface area (Å²) < 4.78 is 0. The van der Waals surface area contributed by atoms with Crippen LogP contribution in [0.3, 0.4) is 0 Å². The average molecular weight is 1160 g/mol. The molecule has 1 heteroatoms. The average Bonchev–Trinajstić information content (AvgIpc) is 1.56. The topological polar surface area (TPSA) is 3.24 Å². The minimum absolute atomic E-state index is 0.482. The molecule has 0 bridgehead atoms. The molecular weight excluding hydrogens is 1090 g/mol. The molecule has 426 valence electrons. The van der Waals surface area contributed by atoms with Crippen molar-refractivity contribution in [3.8, 4) is 77.9 Å². The number of fused-ring (bicyclic) bond motifs is 7. The Bertz CT molecular complexity index is 5090. The van der Waals surface area contributed by atoms with E-state index in [0.29, 0.717) is 0 Å². The maximum atomic E-state index is 2.46. The highest BCUT2D eigenvalue weighted by Crippen LogP contribution is 2.59. The summed E-state index contributed by atoms with van der Waals surface area (Å²) in [5.41, 5.74) is 29.5. The van der Waals surface area contributed by atoms with Crippen LogP contribution in [0, 0.1) is 0 Å². The Morgan fingerprint density at radius 2 is 0.516 bits per heavy atom. The molecule has 2 aliphatic carbocycles. The minimum Gasteiger partial charge on any atom is -0.311 e. The van der Waals surface area contributed by atoms with Gasteiger partial charge in [0.15, 0.2) is 0 Å². The molecule has 0 saturated carbocycles.